The number of alkyl halides is 3. The monoisotopic (exact) mass is 308 g/mol. The summed E-state index contributed by atoms with van der Waals surface area (Å²) in [4.78, 5) is 1.83. The lowest BCUT2D eigenvalue weighted by Gasteiger charge is -2.27. The summed E-state index contributed by atoms with van der Waals surface area (Å²) in [6.45, 7) is 0.593. The Labute approximate surface area is 125 Å². The number of rotatable bonds is 2. The van der Waals surface area contributed by atoms with Crippen molar-refractivity contribution in [2.45, 2.75) is 18.8 Å². The summed E-state index contributed by atoms with van der Waals surface area (Å²) in [5.41, 5.74) is 7.04. The average Bonchev–Trinajstić information content (AvgIpc) is 2.84. The third-order valence-corrected chi connectivity index (χ3v) is 3.96. The fraction of sp³-hybridized carbons (Fsp3) is 0.250. The van der Waals surface area contributed by atoms with Gasteiger partial charge in [-0.3, -0.25) is 0 Å². The lowest BCUT2D eigenvalue weighted by atomic mass is 10.0. The number of nitrogens with two attached hydrogens (primary N) is 1. The number of aromatic hydroxyl groups is 1. The minimum atomic E-state index is -4.38. The van der Waals surface area contributed by atoms with Crippen molar-refractivity contribution in [1.29, 1.82) is 0 Å². The van der Waals surface area contributed by atoms with Crippen LogP contribution in [0.3, 0.4) is 0 Å². The number of phenols is 1. The lowest BCUT2D eigenvalue weighted by Crippen LogP contribution is -2.27. The van der Waals surface area contributed by atoms with E-state index in [1.165, 1.54) is 6.07 Å². The lowest BCUT2D eigenvalue weighted by molar-refractivity contribution is -0.137. The number of nitrogens with zero attached hydrogens (tertiary/aromatic N) is 1. The number of anilines is 1. The van der Waals surface area contributed by atoms with Gasteiger partial charge < -0.3 is 15.7 Å². The molecule has 0 bridgehead atoms. The van der Waals surface area contributed by atoms with E-state index < -0.39 is 11.7 Å². The first-order chi connectivity index (χ1) is 10.4. The average molecular weight is 308 g/mol. The molecule has 0 saturated carbocycles. The van der Waals surface area contributed by atoms with Crippen LogP contribution in [-0.2, 0) is 12.7 Å². The summed E-state index contributed by atoms with van der Waals surface area (Å²) in [6.07, 6.45) is -4.38. The highest BCUT2D eigenvalue weighted by Crippen LogP contribution is 2.42. The molecule has 1 heterocycles. The van der Waals surface area contributed by atoms with Gasteiger partial charge in [0.25, 0.3) is 0 Å². The molecule has 0 spiro atoms. The van der Waals surface area contributed by atoms with Gasteiger partial charge in [-0.05, 0) is 35.4 Å². The fourth-order valence-corrected chi connectivity index (χ4v) is 2.90. The highest BCUT2D eigenvalue weighted by atomic mass is 19.4. The molecule has 1 atom stereocenters. The van der Waals surface area contributed by atoms with Gasteiger partial charge in [-0.1, -0.05) is 18.2 Å². The second-order valence-electron chi connectivity index (χ2n) is 5.28. The molecule has 116 valence electrons. The van der Waals surface area contributed by atoms with Crippen molar-refractivity contribution in [1.82, 2.24) is 0 Å². The summed E-state index contributed by atoms with van der Waals surface area (Å²) in [5, 5.41) is 9.98. The first-order valence-electron chi connectivity index (χ1n) is 6.86. The van der Waals surface area contributed by atoms with Crippen LogP contribution >= 0.6 is 0 Å². The zero-order valence-corrected chi connectivity index (χ0v) is 11.6. The van der Waals surface area contributed by atoms with Gasteiger partial charge >= 0.3 is 6.18 Å². The third kappa shape index (κ3) is 2.39. The first kappa shape index (κ1) is 14.7. The van der Waals surface area contributed by atoms with Gasteiger partial charge in [0, 0.05) is 13.1 Å². The second kappa shape index (κ2) is 5.21. The molecule has 3 rings (SSSR count). The Bertz CT molecular complexity index is 700. The number of phenolic OH excluding ortho intramolecular Hbond substituents is 1. The van der Waals surface area contributed by atoms with Crippen LogP contribution in [0.15, 0.2) is 42.5 Å². The van der Waals surface area contributed by atoms with Crippen molar-refractivity contribution in [2.24, 2.45) is 5.73 Å². The Morgan fingerprint density at radius 1 is 1.18 bits per heavy atom. The zero-order chi connectivity index (χ0) is 15.9. The molecule has 2 aromatic carbocycles. The molecule has 2 aromatic rings. The molecule has 6 heteroatoms. The minimum Gasteiger partial charge on any atom is -0.506 e. The molecular weight excluding hydrogens is 293 g/mol. The first-order valence-corrected chi connectivity index (χ1v) is 6.86. The Balaban J connectivity index is 2.03. The molecule has 0 radical (unpaired) electrons. The SMILES string of the molecule is NCC1c2cc(C(F)(F)F)ccc2CN1c1ccccc1O. The molecule has 0 aromatic heterocycles. The Kier molecular flexibility index (Phi) is 3.48. The van der Waals surface area contributed by atoms with Crippen LogP contribution in [0.25, 0.3) is 0 Å². The summed E-state index contributed by atoms with van der Waals surface area (Å²) in [5.74, 6) is 0.0878. The van der Waals surface area contributed by atoms with E-state index in [4.69, 9.17) is 5.73 Å². The van der Waals surface area contributed by atoms with Crippen molar-refractivity contribution in [2.75, 3.05) is 11.4 Å². The van der Waals surface area contributed by atoms with Gasteiger partial charge in [-0.2, -0.15) is 13.2 Å². The number of halogens is 3. The van der Waals surface area contributed by atoms with E-state index in [0.717, 1.165) is 17.7 Å². The normalized spacial score (nSPS) is 17.6. The predicted molar refractivity (Wildman–Crippen MR) is 77.5 cm³/mol. The van der Waals surface area contributed by atoms with Gasteiger partial charge in [-0.15, -0.1) is 0 Å². The van der Waals surface area contributed by atoms with Crippen LogP contribution in [0, 0.1) is 0 Å². The van der Waals surface area contributed by atoms with Crippen molar-refractivity contribution >= 4 is 5.69 Å². The summed E-state index contributed by atoms with van der Waals surface area (Å²) >= 11 is 0. The van der Waals surface area contributed by atoms with Crippen LogP contribution in [0.2, 0.25) is 0 Å². The summed E-state index contributed by atoms with van der Waals surface area (Å²) in [7, 11) is 0. The quantitative estimate of drug-likeness (QED) is 0.893. The van der Waals surface area contributed by atoms with E-state index in [1.807, 2.05) is 4.90 Å². The number of para-hydroxylation sites is 2. The van der Waals surface area contributed by atoms with E-state index in [1.54, 1.807) is 24.3 Å². The predicted octanol–water partition coefficient (Wildman–Crippen LogP) is 3.43. The molecule has 0 fully saturated rings. The number of hydrogen-bond acceptors (Lipinski definition) is 3. The van der Waals surface area contributed by atoms with Crippen LogP contribution < -0.4 is 10.6 Å². The molecule has 1 aliphatic rings. The number of hydrogen-bond donors (Lipinski definition) is 2. The Hall–Kier alpha value is -2.21. The minimum absolute atomic E-state index is 0.0878. The highest BCUT2D eigenvalue weighted by molar-refractivity contribution is 5.62. The molecule has 0 saturated heterocycles. The topological polar surface area (TPSA) is 49.5 Å². The van der Waals surface area contributed by atoms with Crippen LogP contribution in [-0.4, -0.2) is 11.7 Å². The smallest absolute Gasteiger partial charge is 0.416 e. The zero-order valence-electron chi connectivity index (χ0n) is 11.6. The molecule has 0 aliphatic carbocycles. The Morgan fingerprint density at radius 2 is 1.91 bits per heavy atom. The highest BCUT2D eigenvalue weighted by Gasteiger charge is 2.35. The van der Waals surface area contributed by atoms with Gasteiger partial charge in [0.15, 0.2) is 0 Å². The van der Waals surface area contributed by atoms with E-state index >= 15 is 0 Å². The van der Waals surface area contributed by atoms with Crippen molar-refractivity contribution < 1.29 is 18.3 Å². The van der Waals surface area contributed by atoms with Crippen LogP contribution in [0.5, 0.6) is 5.75 Å². The fourth-order valence-electron chi connectivity index (χ4n) is 2.90. The molecule has 3 nitrogen and oxygen atoms in total. The Morgan fingerprint density at radius 3 is 2.55 bits per heavy atom. The van der Waals surface area contributed by atoms with Crippen molar-refractivity contribution in [3.05, 3.63) is 59.2 Å². The molecule has 1 unspecified atom stereocenters. The van der Waals surface area contributed by atoms with Crippen molar-refractivity contribution in [3.8, 4) is 5.75 Å². The van der Waals surface area contributed by atoms with E-state index in [9.17, 15) is 18.3 Å². The maximum Gasteiger partial charge on any atom is 0.416 e. The van der Waals surface area contributed by atoms with E-state index in [2.05, 4.69) is 0 Å². The molecule has 22 heavy (non-hydrogen) atoms. The van der Waals surface area contributed by atoms with Gasteiger partial charge in [-0.25, -0.2) is 0 Å². The van der Waals surface area contributed by atoms with Gasteiger partial charge in [0.2, 0.25) is 0 Å². The summed E-state index contributed by atoms with van der Waals surface area (Å²) < 4.78 is 38.7. The largest absolute Gasteiger partial charge is 0.506 e. The number of benzene rings is 2. The molecule has 1 aliphatic heterocycles. The standard InChI is InChI=1S/C16H15F3N2O/c17-16(18,19)11-6-5-10-9-21(14(8-20)12(10)7-11)13-3-1-2-4-15(13)22/h1-7,14,22H,8-9,20H2. The third-order valence-electron chi connectivity index (χ3n) is 3.96. The molecular formula is C16H15F3N2O. The van der Waals surface area contributed by atoms with E-state index in [-0.39, 0.29) is 18.3 Å². The molecule has 3 N–H and O–H groups in total. The van der Waals surface area contributed by atoms with Crippen LogP contribution in [0.1, 0.15) is 22.7 Å². The van der Waals surface area contributed by atoms with Gasteiger partial charge in [0.1, 0.15) is 5.75 Å². The summed E-state index contributed by atoms with van der Waals surface area (Å²) in [6, 6.07) is 10.1. The number of fused-ring (bicyclic) bond motifs is 1. The molecule has 0 amide bonds. The maximum atomic E-state index is 12.9. The second-order valence-corrected chi connectivity index (χ2v) is 5.28. The van der Waals surface area contributed by atoms with Crippen LogP contribution in [0.4, 0.5) is 18.9 Å². The van der Waals surface area contributed by atoms with Crippen molar-refractivity contribution in [3.63, 3.8) is 0 Å². The maximum absolute atomic E-state index is 12.9. The van der Waals surface area contributed by atoms with Gasteiger partial charge in [0.05, 0.1) is 17.3 Å². The van der Waals surface area contributed by atoms with E-state index in [0.29, 0.717) is 17.8 Å².